The predicted octanol–water partition coefficient (Wildman–Crippen LogP) is 2.12. The molecule has 4 nitrogen and oxygen atoms in total. The van der Waals surface area contributed by atoms with Gasteiger partial charge in [0, 0.05) is 30.3 Å². The SMILES string of the molecule is CC(C)(O)C#Cc1cccc(C(=O)N2CC(N3CCCCC3)C2)c1. The molecule has 1 amide bonds. The van der Waals surface area contributed by atoms with Crippen LogP contribution in [0.4, 0.5) is 0 Å². The summed E-state index contributed by atoms with van der Waals surface area (Å²) in [5.74, 6) is 5.80. The fourth-order valence-corrected chi connectivity index (χ4v) is 3.27. The molecule has 1 aromatic carbocycles. The molecule has 0 atom stereocenters. The summed E-state index contributed by atoms with van der Waals surface area (Å²) in [6.45, 7) is 7.31. The molecule has 2 heterocycles. The van der Waals surface area contributed by atoms with E-state index in [0.29, 0.717) is 11.6 Å². The van der Waals surface area contributed by atoms with E-state index < -0.39 is 5.60 Å². The molecule has 2 fully saturated rings. The summed E-state index contributed by atoms with van der Waals surface area (Å²) >= 11 is 0. The van der Waals surface area contributed by atoms with Crippen molar-refractivity contribution < 1.29 is 9.90 Å². The van der Waals surface area contributed by atoms with E-state index in [1.807, 2.05) is 29.2 Å². The van der Waals surface area contributed by atoms with Gasteiger partial charge in [-0.3, -0.25) is 9.69 Å². The van der Waals surface area contributed by atoms with Crippen molar-refractivity contribution in [1.82, 2.24) is 9.80 Å². The number of carbonyl (C=O) groups excluding carboxylic acids is 1. The highest BCUT2D eigenvalue weighted by Crippen LogP contribution is 2.22. The highest BCUT2D eigenvalue weighted by atomic mass is 16.3. The van der Waals surface area contributed by atoms with Gasteiger partial charge in [-0.05, 0) is 58.0 Å². The lowest BCUT2D eigenvalue weighted by Crippen LogP contribution is -2.61. The minimum absolute atomic E-state index is 0.0789. The fourth-order valence-electron chi connectivity index (χ4n) is 3.27. The average Bonchev–Trinajstić information content (AvgIpc) is 2.52. The zero-order chi connectivity index (χ0) is 17.2. The first-order chi connectivity index (χ1) is 11.4. The van der Waals surface area contributed by atoms with E-state index in [9.17, 15) is 9.90 Å². The van der Waals surface area contributed by atoms with Crippen molar-refractivity contribution in [2.24, 2.45) is 0 Å². The normalized spacial score (nSPS) is 19.4. The number of carbonyl (C=O) groups is 1. The van der Waals surface area contributed by atoms with Crippen molar-refractivity contribution in [2.45, 2.75) is 44.8 Å². The van der Waals surface area contributed by atoms with Gasteiger partial charge in [0.05, 0.1) is 0 Å². The molecule has 0 aliphatic carbocycles. The monoisotopic (exact) mass is 326 g/mol. The van der Waals surface area contributed by atoms with E-state index >= 15 is 0 Å². The van der Waals surface area contributed by atoms with Crippen molar-refractivity contribution in [3.63, 3.8) is 0 Å². The highest BCUT2D eigenvalue weighted by Gasteiger charge is 2.35. The van der Waals surface area contributed by atoms with Gasteiger partial charge >= 0.3 is 0 Å². The maximum Gasteiger partial charge on any atom is 0.254 e. The summed E-state index contributed by atoms with van der Waals surface area (Å²) in [5.41, 5.74) is 0.407. The molecule has 0 unspecified atom stereocenters. The Hall–Kier alpha value is -1.83. The Bertz CT molecular complexity index is 654. The molecule has 0 bridgehead atoms. The van der Waals surface area contributed by atoms with E-state index in [4.69, 9.17) is 0 Å². The smallest absolute Gasteiger partial charge is 0.254 e. The minimum atomic E-state index is -1.03. The first-order valence-corrected chi connectivity index (χ1v) is 8.81. The van der Waals surface area contributed by atoms with Crippen LogP contribution in [-0.2, 0) is 0 Å². The summed E-state index contributed by atoms with van der Waals surface area (Å²) in [7, 11) is 0. The van der Waals surface area contributed by atoms with E-state index in [2.05, 4.69) is 16.7 Å². The molecule has 128 valence electrons. The topological polar surface area (TPSA) is 43.8 Å². The number of piperidine rings is 1. The quantitative estimate of drug-likeness (QED) is 0.847. The van der Waals surface area contributed by atoms with Gasteiger partial charge in [-0.25, -0.2) is 0 Å². The Balaban J connectivity index is 1.61. The van der Waals surface area contributed by atoms with Crippen molar-refractivity contribution >= 4 is 5.91 Å². The van der Waals surface area contributed by atoms with Crippen LogP contribution < -0.4 is 0 Å². The van der Waals surface area contributed by atoms with Gasteiger partial charge < -0.3 is 10.0 Å². The third-order valence-electron chi connectivity index (χ3n) is 4.68. The Morgan fingerprint density at radius 2 is 1.92 bits per heavy atom. The van der Waals surface area contributed by atoms with Gasteiger partial charge in [-0.15, -0.1) is 0 Å². The summed E-state index contributed by atoms with van der Waals surface area (Å²) in [4.78, 5) is 17.1. The van der Waals surface area contributed by atoms with Gasteiger partial charge in [-0.2, -0.15) is 0 Å². The molecule has 2 aliphatic rings. The number of rotatable bonds is 2. The van der Waals surface area contributed by atoms with Crippen LogP contribution in [-0.4, -0.2) is 58.6 Å². The molecular weight excluding hydrogens is 300 g/mol. The summed E-state index contributed by atoms with van der Waals surface area (Å²) < 4.78 is 0. The lowest BCUT2D eigenvalue weighted by atomic mass is 10.0. The predicted molar refractivity (Wildman–Crippen MR) is 94.7 cm³/mol. The van der Waals surface area contributed by atoms with E-state index in [1.165, 1.54) is 32.4 Å². The summed E-state index contributed by atoms with van der Waals surface area (Å²) in [6.07, 6.45) is 3.91. The first-order valence-electron chi connectivity index (χ1n) is 8.81. The molecule has 4 heteroatoms. The minimum Gasteiger partial charge on any atom is -0.378 e. The second-order valence-corrected chi connectivity index (χ2v) is 7.35. The number of aliphatic hydroxyl groups is 1. The number of likely N-dealkylation sites (tertiary alicyclic amines) is 2. The van der Waals surface area contributed by atoms with E-state index in [-0.39, 0.29) is 5.91 Å². The fraction of sp³-hybridized carbons (Fsp3) is 0.550. The van der Waals surface area contributed by atoms with Crippen molar-refractivity contribution in [2.75, 3.05) is 26.2 Å². The first kappa shape index (κ1) is 17.0. The van der Waals surface area contributed by atoms with Gasteiger partial charge in [0.2, 0.25) is 0 Å². The third kappa shape index (κ3) is 4.17. The van der Waals surface area contributed by atoms with Crippen LogP contribution in [0, 0.1) is 11.8 Å². The molecule has 0 saturated carbocycles. The molecule has 0 radical (unpaired) electrons. The number of hydrogen-bond acceptors (Lipinski definition) is 3. The van der Waals surface area contributed by atoms with Gasteiger partial charge in [-0.1, -0.05) is 24.3 Å². The molecule has 1 aromatic rings. The largest absolute Gasteiger partial charge is 0.378 e. The van der Waals surface area contributed by atoms with Crippen LogP contribution in [0.15, 0.2) is 24.3 Å². The molecule has 1 N–H and O–H groups in total. The summed E-state index contributed by atoms with van der Waals surface area (Å²) in [6, 6.07) is 7.90. The van der Waals surface area contributed by atoms with Crippen LogP contribution in [0.5, 0.6) is 0 Å². The molecule has 24 heavy (non-hydrogen) atoms. The van der Waals surface area contributed by atoms with E-state index in [0.717, 1.165) is 18.7 Å². The maximum atomic E-state index is 12.6. The van der Waals surface area contributed by atoms with Gasteiger partial charge in [0.25, 0.3) is 5.91 Å². The zero-order valence-electron chi connectivity index (χ0n) is 14.6. The second kappa shape index (κ2) is 6.96. The maximum absolute atomic E-state index is 12.6. The zero-order valence-corrected chi connectivity index (χ0v) is 14.6. The van der Waals surface area contributed by atoms with Crippen molar-refractivity contribution in [1.29, 1.82) is 0 Å². The molecule has 0 spiro atoms. The van der Waals surface area contributed by atoms with Crippen molar-refractivity contribution in [3.8, 4) is 11.8 Å². The standard InChI is InChI=1S/C20H26N2O2/c1-20(2,24)10-9-16-7-6-8-17(13-16)19(23)22-14-18(15-22)21-11-4-3-5-12-21/h6-8,13,18,24H,3-5,11-12,14-15H2,1-2H3. The van der Waals surface area contributed by atoms with Crippen LogP contribution in [0.25, 0.3) is 0 Å². The molecule has 0 aromatic heterocycles. The second-order valence-electron chi connectivity index (χ2n) is 7.35. The lowest BCUT2D eigenvalue weighted by molar-refractivity contribution is 0.0203. The van der Waals surface area contributed by atoms with Crippen LogP contribution in [0.1, 0.15) is 49.0 Å². The van der Waals surface area contributed by atoms with Crippen LogP contribution in [0.3, 0.4) is 0 Å². The lowest BCUT2D eigenvalue weighted by Gasteiger charge is -2.46. The molecular formula is C20H26N2O2. The van der Waals surface area contributed by atoms with Gasteiger partial charge in [0.1, 0.15) is 5.60 Å². The van der Waals surface area contributed by atoms with E-state index in [1.54, 1.807) is 13.8 Å². The summed E-state index contributed by atoms with van der Waals surface area (Å²) in [5, 5.41) is 9.69. The Morgan fingerprint density at radius 1 is 1.21 bits per heavy atom. The van der Waals surface area contributed by atoms with Crippen LogP contribution >= 0.6 is 0 Å². The third-order valence-corrected chi connectivity index (χ3v) is 4.68. The Morgan fingerprint density at radius 3 is 2.58 bits per heavy atom. The number of amides is 1. The Kier molecular flexibility index (Phi) is 4.93. The molecule has 2 aliphatic heterocycles. The number of nitrogens with zero attached hydrogens (tertiary/aromatic N) is 2. The average molecular weight is 326 g/mol. The van der Waals surface area contributed by atoms with Crippen LogP contribution in [0.2, 0.25) is 0 Å². The van der Waals surface area contributed by atoms with Crippen molar-refractivity contribution in [3.05, 3.63) is 35.4 Å². The number of benzene rings is 1. The van der Waals surface area contributed by atoms with Gasteiger partial charge in [0.15, 0.2) is 0 Å². The molecule has 2 saturated heterocycles. The molecule has 3 rings (SSSR count). The highest BCUT2D eigenvalue weighted by molar-refractivity contribution is 5.95. The Labute approximate surface area is 144 Å². The number of hydrogen-bond donors (Lipinski definition) is 1.